The molecule has 1 aliphatic heterocycles. The molecule has 1 aliphatic rings. The van der Waals surface area contributed by atoms with Crippen LogP contribution in [-0.4, -0.2) is 31.2 Å². The Labute approximate surface area is 118 Å². The second-order valence-electron chi connectivity index (χ2n) is 5.31. The van der Waals surface area contributed by atoms with Gasteiger partial charge < -0.3 is 10.2 Å². The Balaban J connectivity index is 1.63. The van der Waals surface area contributed by atoms with E-state index < -0.39 is 0 Å². The molecule has 0 saturated carbocycles. The zero-order valence-electron chi connectivity index (χ0n) is 11.4. The van der Waals surface area contributed by atoms with Crippen LogP contribution in [0.2, 0.25) is 0 Å². The number of nitrogens with zero attached hydrogens (tertiary/aromatic N) is 2. The van der Waals surface area contributed by atoms with Crippen molar-refractivity contribution in [3.63, 3.8) is 0 Å². The van der Waals surface area contributed by atoms with Gasteiger partial charge in [0.2, 0.25) is 0 Å². The molecule has 3 nitrogen and oxygen atoms in total. The van der Waals surface area contributed by atoms with Crippen LogP contribution in [0, 0.1) is 5.92 Å². The van der Waals surface area contributed by atoms with Gasteiger partial charge in [-0.2, -0.15) is 0 Å². The minimum atomic E-state index is 0.795. The van der Waals surface area contributed by atoms with Crippen LogP contribution in [-0.2, 0) is 0 Å². The molecule has 3 rings (SSSR count). The molecule has 1 N–H and O–H groups in total. The first-order chi connectivity index (χ1) is 9.36. The van der Waals surface area contributed by atoms with Crippen LogP contribution in [0.3, 0.4) is 0 Å². The van der Waals surface area contributed by atoms with Gasteiger partial charge in [0.1, 0.15) is 0 Å². The number of hydrogen-bond donors (Lipinski definition) is 1. The Kier molecular flexibility index (Phi) is 3.99. The summed E-state index contributed by atoms with van der Waals surface area (Å²) >= 11 is 1.73. The molecule has 1 aromatic heterocycles. The summed E-state index contributed by atoms with van der Waals surface area (Å²) in [6.45, 7) is 6.89. The lowest BCUT2D eigenvalue weighted by Gasteiger charge is -2.19. The molecular formula is C15H21N3S. The van der Waals surface area contributed by atoms with Crippen LogP contribution >= 0.6 is 11.3 Å². The molecule has 1 atom stereocenters. The van der Waals surface area contributed by atoms with E-state index in [-0.39, 0.29) is 0 Å². The fourth-order valence-corrected chi connectivity index (χ4v) is 3.47. The van der Waals surface area contributed by atoms with E-state index in [2.05, 4.69) is 40.3 Å². The fraction of sp³-hybridized carbons (Fsp3) is 0.533. The normalized spacial score (nSPS) is 19.4. The third-order valence-electron chi connectivity index (χ3n) is 3.83. The molecule has 1 fully saturated rings. The summed E-state index contributed by atoms with van der Waals surface area (Å²) in [5, 5.41) is 3.54. The maximum atomic E-state index is 4.34. The molecule has 0 spiro atoms. The highest BCUT2D eigenvalue weighted by molar-refractivity contribution is 7.16. The fourth-order valence-electron chi connectivity index (χ4n) is 2.76. The minimum absolute atomic E-state index is 0.795. The van der Waals surface area contributed by atoms with Crippen LogP contribution in [0.1, 0.15) is 19.8 Å². The predicted molar refractivity (Wildman–Crippen MR) is 83.1 cm³/mol. The van der Waals surface area contributed by atoms with Crippen LogP contribution in [0.25, 0.3) is 10.2 Å². The number of anilines is 1. The van der Waals surface area contributed by atoms with Gasteiger partial charge >= 0.3 is 0 Å². The van der Waals surface area contributed by atoms with Gasteiger partial charge in [0.15, 0.2) is 0 Å². The summed E-state index contributed by atoms with van der Waals surface area (Å²) in [5.41, 5.74) is 4.40. The first-order valence-electron chi connectivity index (χ1n) is 7.15. The first-order valence-corrected chi connectivity index (χ1v) is 8.03. The number of nitrogens with one attached hydrogen (secondary N) is 1. The Morgan fingerprint density at radius 2 is 2.42 bits per heavy atom. The molecule has 19 heavy (non-hydrogen) atoms. The number of thiazole rings is 1. The molecule has 1 aromatic carbocycles. The van der Waals surface area contributed by atoms with Gasteiger partial charge in [-0.15, -0.1) is 11.3 Å². The lowest BCUT2D eigenvalue weighted by atomic mass is 10.1. The highest BCUT2D eigenvalue weighted by atomic mass is 32.1. The molecule has 1 saturated heterocycles. The van der Waals surface area contributed by atoms with Crippen molar-refractivity contribution < 1.29 is 0 Å². The Morgan fingerprint density at radius 1 is 1.47 bits per heavy atom. The van der Waals surface area contributed by atoms with Crippen molar-refractivity contribution >= 4 is 27.2 Å². The number of aromatic nitrogens is 1. The van der Waals surface area contributed by atoms with Gasteiger partial charge in [-0.3, -0.25) is 0 Å². The predicted octanol–water partition coefficient (Wildman–Crippen LogP) is 3.12. The van der Waals surface area contributed by atoms with E-state index in [0.29, 0.717) is 0 Å². The average molecular weight is 275 g/mol. The molecule has 4 heteroatoms. The van der Waals surface area contributed by atoms with Crippen molar-refractivity contribution in [2.45, 2.75) is 19.8 Å². The van der Waals surface area contributed by atoms with E-state index in [0.717, 1.165) is 24.5 Å². The first kappa shape index (κ1) is 12.9. The maximum Gasteiger partial charge on any atom is 0.0813 e. The van der Waals surface area contributed by atoms with Crippen LogP contribution in [0.4, 0.5) is 5.69 Å². The van der Waals surface area contributed by atoms with Crippen molar-refractivity contribution in [3.8, 4) is 0 Å². The smallest absolute Gasteiger partial charge is 0.0813 e. The zero-order chi connectivity index (χ0) is 13.1. The number of rotatable bonds is 5. The Morgan fingerprint density at radius 3 is 3.32 bits per heavy atom. The summed E-state index contributed by atoms with van der Waals surface area (Å²) < 4.78 is 1.30. The Hall–Kier alpha value is -1.13. The van der Waals surface area contributed by atoms with Crippen LogP contribution < -0.4 is 10.2 Å². The monoisotopic (exact) mass is 275 g/mol. The highest BCUT2D eigenvalue weighted by Gasteiger charge is 2.22. The largest absolute Gasteiger partial charge is 0.371 e. The van der Waals surface area contributed by atoms with Gasteiger partial charge in [0.25, 0.3) is 0 Å². The average Bonchev–Trinajstić information content (AvgIpc) is 3.06. The molecule has 2 aromatic rings. The quantitative estimate of drug-likeness (QED) is 0.850. The number of hydrogen-bond acceptors (Lipinski definition) is 4. The molecule has 102 valence electrons. The molecule has 0 amide bonds. The van der Waals surface area contributed by atoms with Crippen molar-refractivity contribution in [1.29, 1.82) is 0 Å². The molecule has 0 aliphatic carbocycles. The van der Waals surface area contributed by atoms with E-state index >= 15 is 0 Å². The van der Waals surface area contributed by atoms with Gasteiger partial charge in [-0.05, 0) is 50.0 Å². The molecular weight excluding hydrogens is 254 g/mol. The summed E-state index contributed by atoms with van der Waals surface area (Å²) in [4.78, 5) is 6.85. The third-order valence-corrected chi connectivity index (χ3v) is 4.62. The van der Waals surface area contributed by atoms with Gasteiger partial charge in [-0.25, -0.2) is 4.98 Å². The summed E-state index contributed by atoms with van der Waals surface area (Å²) in [6, 6.07) is 6.64. The number of benzene rings is 1. The molecule has 2 heterocycles. The van der Waals surface area contributed by atoms with Crippen LogP contribution in [0.5, 0.6) is 0 Å². The van der Waals surface area contributed by atoms with Crippen molar-refractivity contribution in [1.82, 2.24) is 10.3 Å². The van der Waals surface area contributed by atoms with Crippen molar-refractivity contribution in [3.05, 3.63) is 23.7 Å². The minimum Gasteiger partial charge on any atom is -0.371 e. The van der Waals surface area contributed by atoms with Crippen molar-refractivity contribution in [2.24, 2.45) is 5.92 Å². The Bertz CT molecular complexity index is 537. The van der Waals surface area contributed by atoms with Crippen LogP contribution in [0.15, 0.2) is 23.7 Å². The second kappa shape index (κ2) is 5.88. The third kappa shape index (κ3) is 2.90. The second-order valence-corrected chi connectivity index (χ2v) is 6.20. The van der Waals surface area contributed by atoms with E-state index in [4.69, 9.17) is 0 Å². The summed E-state index contributed by atoms with van der Waals surface area (Å²) in [6.07, 6.45) is 2.52. The molecule has 0 radical (unpaired) electrons. The number of fused-ring (bicyclic) bond motifs is 1. The zero-order valence-corrected chi connectivity index (χ0v) is 12.2. The van der Waals surface area contributed by atoms with Gasteiger partial charge in [0.05, 0.1) is 15.7 Å². The van der Waals surface area contributed by atoms with Crippen molar-refractivity contribution in [2.75, 3.05) is 31.1 Å². The maximum absolute atomic E-state index is 4.34. The van der Waals surface area contributed by atoms with E-state index in [1.165, 1.54) is 36.3 Å². The lowest BCUT2D eigenvalue weighted by Crippen LogP contribution is -2.26. The highest BCUT2D eigenvalue weighted by Crippen LogP contribution is 2.28. The van der Waals surface area contributed by atoms with E-state index in [1.54, 1.807) is 11.3 Å². The SMILES string of the molecule is CCCNCC1CCN(c2ccc3ncsc3c2)C1. The summed E-state index contributed by atoms with van der Waals surface area (Å²) in [5.74, 6) is 0.795. The summed E-state index contributed by atoms with van der Waals surface area (Å²) in [7, 11) is 0. The van der Waals surface area contributed by atoms with Gasteiger partial charge in [-0.1, -0.05) is 6.92 Å². The molecule has 0 bridgehead atoms. The standard InChI is InChI=1S/C15H21N3S/c1-2-6-16-9-12-5-7-18(10-12)13-3-4-14-15(8-13)19-11-17-14/h3-4,8,11-12,16H,2,5-7,9-10H2,1H3. The van der Waals surface area contributed by atoms with Gasteiger partial charge in [0, 0.05) is 18.8 Å². The van der Waals surface area contributed by atoms with E-state index in [1.807, 2.05) is 5.51 Å². The topological polar surface area (TPSA) is 28.2 Å². The molecule has 1 unspecified atom stereocenters. The van der Waals surface area contributed by atoms with E-state index in [9.17, 15) is 0 Å². The lowest BCUT2D eigenvalue weighted by molar-refractivity contribution is 0.516.